The van der Waals surface area contributed by atoms with Gasteiger partial charge in [0, 0.05) is 24.5 Å². The van der Waals surface area contributed by atoms with Gasteiger partial charge >= 0.3 is 0 Å². The van der Waals surface area contributed by atoms with Crippen LogP contribution in [0.25, 0.3) is 22.2 Å². The van der Waals surface area contributed by atoms with E-state index in [0.29, 0.717) is 18.8 Å². The minimum atomic E-state index is 0.614. The van der Waals surface area contributed by atoms with Crippen LogP contribution in [0.5, 0.6) is 0 Å². The van der Waals surface area contributed by atoms with Gasteiger partial charge in [-0.15, -0.1) is 0 Å². The summed E-state index contributed by atoms with van der Waals surface area (Å²) in [6.07, 6.45) is 3.62. The second-order valence-corrected chi connectivity index (χ2v) is 7.85. The number of fused-ring (bicyclic) bond motifs is 1. The van der Waals surface area contributed by atoms with Crippen LogP contribution in [0, 0.1) is 13.8 Å². The van der Waals surface area contributed by atoms with E-state index in [1.54, 1.807) is 6.20 Å². The van der Waals surface area contributed by atoms with Crippen LogP contribution in [0.3, 0.4) is 0 Å². The van der Waals surface area contributed by atoms with E-state index in [9.17, 15) is 0 Å². The van der Waals surface area contributed by atoms with Gasteiger partial charge in [0.2, 0.25) is 5.95 Å². The highest BCUT2D eigenvalue weighted by atomic mass is 16.5. The number of nitrogens with two attached hydrogens (primary N) is 1. The van der Waals surface area contributed by atoms with Gasteiger partial charge in [0.15, 0.2) is 0 Å². The van der Waals surface area contributed by atoms with E-state index in [0.717, 1.165) is 45.1 Å². The van der Waals surface area contributed by atoms with E-state index in [2.05, 4.69) is 38.2 Å². The standard InChI is InChI=1S/C25H24N6O/c1-16-23(17(2)32-30-16)20-11-21(26)24-22(12-20)31(15-18-7-4-3-5-8-18)25(29-24)28-14-19-9-6-10-27-13-19/h3-13H,14-15,26H2,1-2H3,(H,28,29). The Morgan fingerprint density at radius 2 is 1.84 bits per heavy atom. The lowest BCUT2D eigenvalue weighted by molar-refractivity contribution is 0.393. The van der Waals surface area contributed by atoms with E-state index in [1.165, 1.54) is 5.56 Å². The van der Waals surface area contributed by atoms with Crippen molar-refractivity contribution in [2.75, 3.05) is 11.1 Å². The molecule has 5 aromatic rings. The largest absolute Gasteiger partial charge is 0.397 e. The predicted molar refractivity (Wildman–Crippen MR) is 126 cm³/mol. The van der Waals surface area contributed by atoms with Gasteiger partial charge in [-0.3, -0.25) is 4.98 Å². The van der Waals surface area contributed by atoms with Crippen molar-refractivity contribution >= 4 is 22.7 Å². The van der Waals surface area contributed by atoms with Gasteiger partial charge in [-0.1, -0.05) is 41.6 Å². The Balaban J connectivity index is 1.63. The molecule has 0 amide bonds. The Hall–Kier alpha value is -4.13. The summed E-state index contributed by atoms with van der Waals surface area (Å²) in [5, 5.41) is 7.57. The molecule has 0 aliphatic heterocycles. The van der Waals surface area contributed by atoms with Crippen molar-refractivity contribution in [2.45, 2.75) is 26.9 Å². The highest BCUT2D eigenvalue weighted by molar-refractivity contribution is 5.94. The number of nitrogens with one attached hydrogen (secondary N) is 1. The van der Waals surface area contributed by atoms with Crippen molar-refractivity contribution in [1.82, 2.24) is 19.7 Å². The Labute approximate surface area is 185 Å². The molecule has 2 aromatic carbocycles. The summed E-state index contributed by atoms with van der Waals surface area (Å²) in [5.41, 5.74) is 13.9. The third kappa shape index (κ3) is 3.69. The maximum Gasteiger partial charge on any atom is 0.204 e. The molecule has 160 valence electrons. The van der Waals surface area contributed by atoms with Gasteiger partial charge in [-0.2, -0.15) is 0 Å². The molecule has 32 heavy (non-hydrogen) atoms. The fourth-order valence-corrected chi connectivity index (χ4v) is 4.03. The van der Waals surface area contributed by atoms with Gasteiger partial charge in [0.25, 0.3) is 0 Å². The van der Waals surface area contributed by atoms with Crippen LogP contribution >= 0.6 is 0 Å². The van der Waals surface area contributed by atoms with Crippen molar-refractivity contribution in [2.24, 2.45) is 0 Å². The molecule has 0 bridgehead atoms. The van der Waals surface area contributed by atoms with Crippen LogP contribution in [0.1, 0.15) is 22.6 Å². The van der Waals surface area contributed by atoms with Gasteiger partial charge in [0.05, 0.1) is 23.4 Å². The number of rotatable bonds is 6. The third-order valence-electron chi connectivity index (χ3n) is 5.56. The fourth-order valence-electron chi connectivity index (χ4n) is 4.03. The van der Waals surface area contributed by atoms with Crippen molar-refractivity contribution in [3.63, 3.8) is 0 Å². The maximum absolute atomic E-state index is 6.48. The molecule has 0 atom stereocenters. The average molecular weight is 425 g/mol. The lowest BCUT2D eigenvalue weighted by atomic mass is 10.0. The van der Waals surface area contributed by atoms with Crippen LogP contribution in [-0.4, -0.2) is 19.7 Å². The highest BCUT2D eigenvalue weighted by Gasteiger charge is 2.18. The molecular weight excluding hydrogens is 400 g/mol. The summed E-state index contributed by atoms with van der Waals surface area (Å²) in [7, 11) is 0. The SMILES string of the molecule is Cc1noc(C)c1-c1cc(N)c2nc(NCc3cccnc3)n(Cc3ccccc3)c2c1. The Bertz CT molecular complexity index is 1350. The maximum atomic E-state index is 6.48. The first-order valence-corrected chi connectivity index (χ1v) is 10.5. The number of hydrogen-bond donors (Lipinski definition) is 2. The molecule has 0 radical (unpaired) electrons. The molecule has 0 unspecified atom stereocenters. The number of aromatic nitrogens is 4. The molecule has 0 aliphatic carbocycles. The van der Waals surface area contributed by atoms with Crippen LogP contribution in [0.4, 0.5) is 11.6 Å². The minimum absolute atomic E-state index is 0.614. The zero-order chi connectivity index (χ0) is 22.1. The first kappa shape index (κ1) is 19.8. The van der Waals surface area contributed by atoms with E-state index in [1.807, 2.05) is 56.4 Å². The third-order valence-corrected chi connectivity index (χ3v) is 5.56. The number of benzene rings is 2. The molecule has 0 spiro atoms. The molecule has 0 fully saturated rings. The van der Waals surface area contributed by atoms with Crippen molar-refractivity contribution in [3.05, 3.63) is 89.6 Å². The normalized spacial score (nSPS) is 11.2. The Morgan fingerprint density at radius 3 is 2.56 bits per heavy atom. The van der Waals surface area contributed by atoms with Crippen LogP contribution in [-0.2, 0) is 13.1 Å². The van der Waals surface area contributed by atoms with E-state index < -0.39 is 0 Å². The first-order valence-electron chi connectivity index (χ1n) is 10.5. The molecule has 3 N–H and O–H groups in total. The van der Waals surface area contributed by atoms with E-state index in [4.69, 9.17) is 15.2 Å². The second-order valence-electron chi connectivity index (χ2n) is 7.85. The predicted octanol–water partition coefficient (Wildman–Crippen LogP) is 4.95. The van der Waals surface area contributed by atoms with Crippen molar-refractivity contribution < 1.29 is 4.52 Å². The fraction of sp³-hybridized carbons (Fsp3) is 0.160. The van der Waals surface area contributed by atoms with E-state index in [-0.39, 0.29) is 0 Å². The molecule has 3 heterocycles. The molecule has 7 nitrogen and oxygen atoms in total. The highest BCUT2D eigenvalue weighted by Crippen LogP contribution is 2.34. The van der Waals surface area contributed by atoms with Crippen LogP contribution in [0.15, 0.2) is 71.5 Å². The zero-order valence-electron chi connectivity index (χ0n) is 18.0. The molecule has 0 saturated carbocycles. The van der Waals surface area contributed by atoms with Gasteiger partial charge in [0.1, 0.15) is 11.3 Å². The van der Waals surface area contributed by atoms with Crippen LogP contribution in [0.2, 0.25) is 0 Å². The smallest absolute Gasteiger partial charge is 0.204 e. The number of imidazole rings is 1. The van der Waals surface area contributed by atoms with Crippen molar-refractivity contribution in [3.8, 4) is 11.1 Å². The first-order chi connectivity index (χ1) is 15.6. The summed E-state index contributed by atoms with van der Waals surface area (Å²) in [4.78, 5) is 9.06. The summed E-state index contributed by atoms with van der Waals surface area (Å²) in [6.45, 7) is 5.13. The molecular formula is C25H24N6O. The summed E-state index contributed by atoms with van der Waals surface area (Å²) in [5.74, 6) is 1.53. The Morgan fingerprint density at radius 1 is 1.03 bits per heavy atom. The molecule has 0 saturated heterocycles. The lowest BCUT2D eigenvalue weighted by Gasteiger charge is -2.12. The summed E-state index contributed by atoms with van der Waals surface area (Å²) >= 11 is 0. The quantitative estimate of drug-likeness (QED) is 0.375. The minimum Gasteiger partial charge on any atom is -0.397 e. The Kier molecular flexibility index (Phi) is 5.07. The molecule has 0 aliphatic rings. The zero-order valence-corrected chi connectivity index (χ0v) is 18.0. The topological polar surface area (TPSA) is 94.8 Å². The van der Waals surface area contributed by atoms with Crippen LogP contribution < -0.4 is 11.1 Å². The second kappa shape index (κ2) is 8.19. The number of nitrogen functional groups attached to an aromatic ring is 1. The van der Waals surface area contributed by atoms with Gasteiger partial charge < -0.3 is 20.1 Å². The van der Waals surface area contributed by atoms with Gasteiger partial charge in [-0.25, -0.2) is 4.98 Å². The molecule has 7 heteroatoms. The van der Waals surface area contributed by atoms with Gasteiger partial charge in [-0.05, 0) is 48.7 Å². The molecule has 3 aromatic heterocycles. The number of pyridine rings is 1. The number of aryl methyl sites for hydroxylation is 2. The molecule has 5 rings (SSSR count). The lowest BCUT2D eigenvalue weighted by Crippen LogP contribution is -2.08. The number of anilines is 2. The monoisotopic (exact) mass is 424 g/mol. The summed E-state index contributed by atoms with van der Waals surface area (Å²) in [6, 6.07) is 18.3. The number of nitrogens with zero attached hydrogens (tertiary/aromatic N) is 4. The van der Waals surface area contributed by atoms with Crippen molar-refractivity contribution in [1.29, 1.82) is 0 Å². The summed E-state index contributed by atoms with van der Waals surface area (Å²) < 4.78 is 7.55. The average Bonchev–Trinajstić information content (AvgIpc) is 3.33. The number of hydrogen-bond acceptors (Lipinski definition) is 6. The van der Waals surface area contributed by atoms with E-state index >= 15 is 0 Å².